The number of aliphatic hydroxyl groups excluding tert-OH is 2. The number of aliphatic hydroxyl groups is 2. The molecule has 16 heavy (non-hydrogen) atoms. The summed E-state index contributed by atoms with van der Waals surface area (Å²) in [6, 6.07) is 0. The second kappa shape index (κ2) is 6.38. The van der Waals surface area contributed by atoms with Crippen LogP contribution in [0.1, 0.15) is 33.6 Å². The van der Waals surface area contributed by atoms with E-state index in [-0.39, 0.29) is 19.3 Å². The van der Waals surface area contributed by atoms with Crippen LogP contribution in [0.4, 0.5) is 0 Å². The van der Waals surface area contributed by atoms with E-state index in [0.29, 0.717) is 11.8 Å². The third-order valence-electron chi connectivity index (χ3n) is 3.31. The molecule has 0 radical (unpaired) electrons. The van der Waals surface area contributed by atoms with Gasteiger partial charge in [0.2, 0.25) is 0 Å². The minimum absolute atomic E-state index is 0.186. The smallest absolute Gasteiger partial charge is 0.100 e. The number of hydrogen-bond donors (Lipinski definition) is 2. The van der Waals surface area contributed by atoms with Crippen molar-refractivity contribution in [3.63, 3.8) is 0 Å². The molecular weight excluding hydrogens is 204 g/mol. The SMILES string of the molecule is CC1=CCC(C(C)C)C(OCC(O)CO)C1. The summed E-state index contributed by atoms with van der Waals surface area (Å²) in [4.78, 5) is 0. The van der Waals surface area contributed by atoms with Crippen LogP contribution in [0.15, 0.2) is 11.6 Å². The lowest BCUT2D eigenvalue weighted by Gasteiger charge is -2.33. The van der Waals surface area contributed by atoms with Crippen molar-refractivity contribution in [3.05, 3.63) is 11.6 Å². The molecule has 3 unspecified atom stereocenters. The summed E-state index contributed by atoms with van der Waals surface area (Å²) in [6.45, 7) is 6.54. The Labute approximate surface area is 98.1 Å². The van der Waals surface area contributed by atoms with Gasteiger partial charge in [-0.25, -0.2) is 0 Å². The maximum atomic E-state index is 9.29. The molecule has 0 heterocycles. The first kappa shape index (κ1) is 13.7. The molecule has 1 rings (SSSR count). The molecule has 0 aromatic heterocycles. The van der Waals surface area contributed by atoms with E-state index in [2.05, 4.69) is 26.8 Å². The van der Waals surface area contributed by atoms with Gasteiger partial charge in [-0.15, -0.1) is 0 Å². The van der Waals surface area contributed by atoms with Crippen molar-refractivity contribution in [3.8, 4) is 0 Å². The molecule has 1 aliphatic carbocycles. The molecule has 0 spiro atoms. The summed E-state index contributed by atoms with van der Waals surface area (Å²) in [5.41, 5.74) is 1.36. The summed E-state index contributed by atoms with van der Waals surface area (Å²) in [6.07, 6.45) is 3.72. The number of allylic oxidation sites excluding steroid dienone is 1. The van der Waals surface area contributed by atoms with Crippen LogP contribution in [0.5, 0.6) is 0 Å². The third kappa shape index (κ3) is 3.89. The topological polar surface area (TPSA) is 49.7 Å². The zero-order valence-corrected chi connectivity index (χ0v) is 10.5. The fourth-order valence-corrected chi connectivity index (χ4v) is 2.21. The van der Waals surface area contributed by atoms with Crippen LogP contribution in [-0.4, -0.2) is 35.6 Å². The molecule has 0 aromatic carbocycles. The fraction of sp³-hybridized carbons (Fsp3) is 0.846. The van der Waals surface area contributed by atoms with Crippen molar-refractivity contribution in [2.45, 2.75) is 45.8 Å². The van der Waals surface area contributed by atoms with E-state index in [1.807, 2.05) is 0 Å². The molecule has 3 heteroatoms. The van der Waals surface area contributed by atoms with Gasteiger partial charge in [-0.1, -0.05) is 25.5 Å². The Bertz CT molecular complexity index is 235. The second-order valence-corrected chi connectivity index (χ2v) is 5.11. The predicted octanol–water partition coefficient (Wildman–Crippen LogP) is 1.74. The molecule has 2 N–H and O–H groups in total. The van der Waals surface area contributed by atoms with Crippen LogP contribution in [0.3, 0.4) is 0 Å². The first-order chi connectivity index (χ1) is 7.54. The number of hydrogen-bond acceptors (Lipinski definition) is 3. The van der Waals surface area contributed by atoms with Gasteiger partial charge in [-0.2, -0.15) is 0 Å². The summed E-state index contributed by atoms with van der Waals surface area (Å²) in [7, 11) is 0. The minimum atomic E-state index is -0.751. The molecule has 94 valence electrons. The lowest BCUT2D eigenvalue weighted by Crippen LogP contribution is -2.33. The second-order valence-electron chi connectivity index (χ2n) is 5.11. The molecule has 1 aliphatic rings. The summed E-state index contributed by atoms with van der Waals surface area (Å²) < 4.78 is 5.73. The molecule has 3 nitrogen and oxygen atoms in total. The van der Waals surface area contributed by atoms with E-state index in [9.17, 15) is 5.11 Å². The Morgan fingerprint density at radius 1 is 1.50 bits per heavy atom. The molecule has 0 bridgehead atoms. The first-order valence-corrected chi connectivity index (χ1v) is 6.10. The molecule has 0 fully saturated rings. The van der Waals surface area contributed by atoms with E-state index in [0.717, 1.165) is 12.8 Å². The van der Waals surface area contributed by atoms with E-state index < -0.39 is 6.10 Å². The van der Waals surface area contributed by atoms with Crippen molar-refractivity contribution >= 4 is 0 Å². The van der Waals surface area contributed by atoms with Gasteiger partial charge in [0, 0.05) is 0 Å². The average molecular weight is 228 g/mol. The minimum Gasteiger partial charge on any atom is -0.394 e. The third-order valence-corrected chi connectivity index (χ3v) is 3.31. The summed E-state index contributed by atoms with van der Waals surface area (Å²) in [5, 5.41) is 18.0. The summed E-state index contributed by atoms with van der Waals surface area (Å²) in [5.74, 6) is 1.11. The highest BCUT2D eigenvalue weighted by molar-refractivity contribution is 5.07. The van der Waals surface area contributed by atoms with Crippen molar-refractivity contribution < 1.29 is 14.9 Å². The van der Waals surface area contributed by atoms with E-state index in [4.69, 9.17) is 9.84 Å². The van der Waals surface area contributed by atoms with Gasteiger partial charge < -0.3 is 14.9 Å². The lowest BCUT2D eigenvalue weighted by atomic mass is 9.80. The van der Waals surface area contributed by atoms with Gasteiger partial charge in [-0.05, 0) is 31.6 Å². The molecule has 0 amide bonds. The first-order valence-electron chi connectivity index (χ1n) is 6.10. The van der Waals surface area contributed by atoms with E-state index in [1.165, 1.54) is 5.57 Å². The Kier molecular flexibility index (Phi) is 5.46. The quantitative estimate of drug-likeness (QED) is 0.705. The lowest BCUT2D eigenvalue weighted by molar-refractivity contribution is -0.0579. The Hall–Kier alpha value is -0.380. The van der Waals surface area contributed by atoms with Crippen LogP contribution < -0.4 is 0 Å². The molecule has 0 aromatic rings. The number of ether oxygens (including phenoxy) is 1. The largest absolute Gasteiger partial charge is 0.394 e. The Balaban J connectivity index is 2.50. The summed E-state index contributed by atoms with van der Waals surface area (Å²) >= 11 is 0. The zero-order valence-electron chi connectivity index (χ0n) is 10.5. The van der Waals surface area contributed by atoms with Gasteiger partial charge in [0.15, 0.2) is 0 Å². The average Bonchev–Trinajstić information content (AvgIpc) is 2.25. The standard InChI is InChI=1S/C13H24O3/c1-9(2)12-5-4-10(3)6-13(12)16-8-11(15)7-14/h4,9,11-15H,5-8H2,1-3H3. The molecule has 0 saturated heterocycles. The van der Waals surface area contributed by atoms with Crippen molar-refractivity contribution in [2.24, 2.45) is 11.8 Å². The van der Waals surface area contributed by atoms with Gasteiger partial charge in [0.25, 0.3) is 0 Å². The Morgan fingerprint density at radius 3 is 2.75 bits per heavy atom. The van der Waals surface area contributed by atoms with Crippen LogP contribution in [0, 0.1) is 11.8 Å². The van der Waals surface area contributed by atoms with Gasteiger partial charge in [0.1, 0.15) is 6.10 Å². The predicted molar refractivity (Wildman–Crippen MR) is 64.2 cm³/mol. The normalized spacial score (nSPS) is 28.0. The zero-order chi connectivity index (χ0) is 12.1. The van der Waals surface area contributed by atoms with Crippen LogP contribution in [0.25, 0.3) is 0 Å². The van der Waals surface area contributed by atoms with Crippen LogP contribution in [0.2, 0.25) is 0 Å². The molecule has 0 saturated carbocycles. The van der Waals surface area contributed by atoms with Gasteiger partial charge in [-0.3, -0.25) is 0 Å². The monoisotopic (exact) mass is 228 g/mol. The molecule has 3 atom stereocenters. The highest BCUT2D eigenvalue weighted by atomic mass is 16.5. The van der Waals surface area contributed by atoms with E-state index >= 15 is 0 Å². The van der Waals surface area contributed by atoms with Crippen molar-refractivity contribution in [2.75, 3.05) is 13.2 Å². The van der Waals surface area contributed by atoms with Crippen LogP contribution >= 0.6 is 0 Å². The van der Waals surface area contributed by atoms with Crippen molar-refractivity contribution in [1.29, 1.82) is 0 Å². The Morgan fingerprint density at radius 2 is 2.19 bits per heavy atom. The van der Waals surface area contributed by atoms with E-state index in [1.54, 1.807) is 0 Å². The molecular formula is C13H24O3. The number of rotatable bonds is 5. The van der Waals surface area contributed by atoms with Crippen molar-refractivity contribution in [1.82, 2.24) is 0 Å². The maximum absolute atomic E-state index is 9.29. The van der Waals surface area contributed by atoms with Gasteiger partial charge in [0.05, 0.1) is 19.3 Å². The van der Waals surface area contributed by atoms with Crippen LogP contribution in [-0.2, 0) is 4.74 Å². The fourth-order valence-electron chi connectivity index (χ4n) is 2.21. The maximum Gasteiger partial charge on any atom is 0.100 e. The molecule has 0 aliphatic heterocycles. The highest BCUT2D eigenvalue weighted by Crippen LogP contribution is 2.31. The highest BCUT2D eigenvalue weighted by Gasteiger charge is 2.28. The van der Waals surface area contributed by atoms with Gasteiger partial charge >= 0.3 is 0 Å².